The monoisotopic (exact) mass is 343 g/mol. The summed E-state index contributed by atoms with van der Waals surface area (Å²) in [5, 5.41) is 9.03. The fourth-order valence-corrected chi connectivity index (χ4v) is 3.35. The summed E-state index contributed by atoms with van der Waals surface area (Å²) < 4.78 is 26.4. The Balaban J connectivity index is 1.53. The number of thioether (sulfide) groups is 1. The average Bonchev–Trinajstić information content (AvgIpc) is 3.20. The van der Waals surface area contributed by atoms with Gasteiger partial charge < -0.3 is 14.0 Å². The zero-order valence-corrected chi connectivity index (χ0v) is 13.7. The zero-order valence-electron chi connectivity index (χ0n) is 12.9. The van der Waals surface area contributed by atoms with Gasteiger partial charge in [-0.1, -0.05) is 30.0 Å². The van der Waals surface area contributed by atoms with E-state index in [1.807, 2.05) is 25.2 Å². The summed E-state index contributed by atoms with van der Waals surface area (Å²) in [6.45, 7) is 0.265. The fourth-order valence-electron chi connectivity index (χ4n) is 2.50. The third kappa shape index (κ3) is 2.71. The minimum absolute atomic E-state index is 0.265. The molecule has 24 heavy (non-hydrogen) atoms. The lowest BCUT2D eigenvalue weighted by Gasteiger charge is -2.05. The number of aromatic nitrogens is 3. The van der Waals surface area contributed by atoms with Gasteiger partial charge in [-0.15, -0.1) is 10.2 Å². The number of halogens is 1. The molecule has 0 spiro atoms. The lowest BCUT2D eigenvalue weighted by atomic mass is 10.2. The van der Waals surface area contributed by atoms with Crippen molar-refractivity contribution < 1.29 is 13.9 Å². The van der Waals surface area contributed by atoms with Gasteiger partial charge in [0.2, 0.25) is 6.79 Å². The molecule has 0 aliphatic carbocycles. The van der Waals surface area contributed by atoms with Crippen molar-refractivity contribution in [3.05, 3.63) is 53.8 Å². The summed E-state index contributed by atoms with van der Waals surface area (Å²) in [5.41, 5.74) is 1.54. The van der Waals surface area contributed by atoms with Crippen LogP contribution in [0.5, 0.6) is 11.5 Å². The third-order valence-corrected chi connectivity index (χ3v) is 4.85. The van der Waals surface area contributed by atoms with Crippen LogP contribution in [0.15, 0.2) is 47.6 Å². The highest BCUT2D eigenvalue weighted by atomic mass is 32.2. The first-order chi connectivity index (χ1) is 11.7. The van der Waals surface area contributed by atoms with Crippen LogP contribution >= 0.6 is 11.8 Å². The van der Waals surface area contributed by atoms with Crippen LogP contribution in [0.2, 0.25) is 0 Å². The lowest BCUT2D eigenvalue weighted by Crippen LogP contribution is -1.96. The summed E-state index contributed by atoms with van der Waals surface area (Å²) in [4.78, 5) is 0. The number of rotatable bonds is 4. The Morgan fingerprint density at radius 2 is 1.96 bits per heavy atom. The number of fused-ring (bicyclic) bond motifs is 1. The Labute approximate surface area is 142 Å². The van der Waals surface area contributed by atoms with Crippen LogP contribution in [-0.2, 0) is 12.8 Å². The van der Waals surface area contributed by atoms with E-state index in [1.165, 1.54) is 17.8 Å². The first kappa shape index (κ1) is 15.0. The summed E-state index contributed by atoms with van der Waals surface area (Å²) in [5.74, 6) is 2.45. The molecule has 0 atom stereocenters. The topological polar surface area (TPSA) is 49.2 Å². The minimum Gasteiger partial charge on any atom is -0.454 e. The van der Waals surface area contributed by atoms with Crippen LogP contribution in [-0.4, -0.2) is 21.6 Å². The Morgan fingerprint density at radius 1 is 1.12 bits per heavy atom. The summed E-state index contributed by atoms with van der Waals surface area (Å²) in [6.07, 6.45) is 0. The van der Waals surface area contributed by atoms with E-state index in [1.54, 1.807) is 22.8 Å². The SMILES string of the molecule is Cn1c(SCc2ccc3c(c2)OCO3)nnc1-c1ccccc1F. The number of ether oxygens (including phenoxy) is 2. The van der Waals surface area contributed by atoms with Crippen LogP contribution in [0, 0.1) is 5.82 Å². The highest BCUT2D eigenvalue weighted by Crippen LogP contribution is 2.34. The highest BCUT2D eigenvalue weighted by molar-refractivity contribution is 7.98. The summed E-state index contributed by atoms with van der Waals surface area (Å²) in [7, 11) is 1.84. The van der Waals surface area contributed by atoms with Gasteiger partial charge in [0.15, 0.2) is 22.5 Å². The van der Waals surface area contributed by atoms with E-state index >= 15 is 0 Å². The van der Waals surface area contributed by atoms with E-state index < -0.39 is 0 Å². The molecule has 4 rings (SSSR count). The maximum atomic E-state index is 13.9. The molecule has 0 amide bonds. The summed E-state index contributed by atoms with van der Waals surface area (Å²) >= 11 is 1.54. The molecule has 0 saturated carbocycles. The molecular weight excluding hydrogens is 329 g/mol. The molecule has 7 heteroatoms. The van der Waals surface area contributed by atoms with E-state index in [0.717, 1.165) is 22.2 Å². The van der Waals surface area contributed by atoms with Gasteiger partial charge in [-0.25, -0.2) is 4.39 Å². The quantitative estimate of drug-likeness (QED) is 0.677. The second kappa shape index (κ2) is 6.16. The zero-order chi connectivity index (χ0) is 16.5. The predicted octanol–water partition coefficient (Wildman–Crippen LogP) is 3.64. The maximum absolute atomic E-state index is 13.9. The molecule has 2 heterocycles. The van der Waals surface area contributed by atoms with Crippen LogP contribution in [0.1, 0.15) is 5.56 Å². The second-order valence-corrected chi connectivity index (χ2v) is 6.26. The molecule has 0 radical (unpaired) electrons. The number of nitrogens with zero attached hydrogens (tertiary/aromatic N) is 3. The second-order valence-electron chi connectivity index (χ2n) is 5.32. The summed E-state index contributed by atoms with van der Waals surface area (Å²) in [6, 6.07) is 12.4. The van der Waals surface area contributed by atoms with Crippen molar-refractivity contribution in [1.29, 1.82) is 0 Å². The van der Waals surface area contributed by atoms with Gasteiger partial charge in [-0.05, 0) is 29.8 Å². The largest absolute Gasteiger partial charge is 0.454 e. The molecule has 122 valence electrons. The van der Waals surface area contributed by atoms with Crippen molar-refractivity contribution >= 4 is 11.8 Å². The first-order valence-corrected chi connectivity index (χ1v) is 8.36. The Morgan fingerprint density at radius 3 is 2.83 bits per heavy atom. The third-order valence-electron chi connectivity index (χ3n) is 3.75. The van der Waals surface area contributed by atoms with Gasteiger partial charge in [-0.2, -0.15) is 0 Å². The predicted molar refractivity (Wildman–Crippen MR) is 88.5 cm³/mol. The molecule has 5 nitrogen and oxygen atoms in total. The molecule has 2 aromatic carbocycles. The van der Waals surface area contributed by atoms with Crippen molar-refractivity contribution in [3.8, 4) is 22.9 Å². The highest BCUT2D eigenvalue weighted by Gasteiger charge is 2.16. The minimum atomic E-state index is -0.305. The molecule has 0 fully saturated rings. The van der Waals surface area contributed by atoms with Crippen molar-refractivity contribution in [1.82, 2.24) is 14.8 Å². The van der Waals surface area contributed by atoms with Crippen LogP contribution in [0.3, 0.4) is 0 Å². The molecule has 1 aliphatic heterocycles. The Kier molecular flexibility index (Phi) is 3.86. The van der Waals surface area contributed by atoms with Gasteiger partial charge in [0, 0.05) is 12.8 Å². The van der Waals surface area contributed by atoms with Gasteiger partial charge in [0.05, 0.1) is 5.56 Å². The maximum Gasteiger partial charge on any atom is 0.231 e. The van der Waals surface area contributed by atoms with Crippen molar-refractivity contribution in [2.75, 3.05) is 6.79 Å². The molecule has 0 unspecified atom stereocenters. The first-order valence-electron chi connectivity index (χ1n) is 7.38. The van der Waals surface area contributed by atoms with Gasteiger partial charge >= 0.3 is 0 Å². The molecule has 1 aliphatic rings. The van der Waals surface area contributed by atoms with Gasteiger partial charge in [0.1, 0.15) is 5.82 Å². The number of hydrogen-bond donors (Lipinski definition) is 0. The van der Waals surface area contributed by atoms with E-state index in [4.69, 9.17) is 9.47 Å². The van der Waals surface area contributed by atoms with Gasteiger partial charge in [-0.3, -0.25) is 0 Å². The molecule has 0 N–H and O–H groups in total. The average molecular weight is 343 g/mol. The van der Waals surface area contributed by atoms with Crippen LogP contribution in [0.4, 0.5) is 4.39 Å². The van der Waals surface area contributed by atoms with E-state index in [0.29, 0.717) is 17.1 Å². The standard InChI is InChI=1S/C17H14FN3O2S/c1-21-16(12-4-2-3-5-13(12)18)19-20-17(21)24-9-11-6-7-14-15(8-11)23-10-22-14/h2-8H,9-10H2,1H3. The molecule has 3 aromatic rings. The lowest BCUT2D eigenvalue weighted by molar-refractivity contribution is 0.174. The van der Waals surface area contributed by atoms with E-state index in [-0.39, 0.29) is 12.6 Å². The van der Waals surface area contributed by atoms with Crippen molar-refractivity contribution in [2.24, 2.45) is 7.05 Å². The Hall–Kier alpha value is -2.54. The van der Waals surface area contributed by atoms with Crippen molar-refractivity contribution in [3.63, 3.8) is 0 Å². The molecular formula is C17H14FN3O2S. The van der Waals surface area contributed by atoms with E-state index in [2.05, 4.69) is 10.2 Å². The Bertz CT molecular complexity index is 897. The molecule has 0 saturated heterocycles. The smallest absolute Gasteiger partial charge is 0.231 e. The number of benzene rings is 2. The van der Waals surface area contributed by atoms with Crippen molar-refractivity contribution in [2.45, 2.75) is 10.9 Å². The molecule has 0 bridgehead atoms. The fraction of sp³-hybridized carbons (Fsp3) is 0.176. The number of hydrogen-bond acceptors (Lipinski definition) is 5. The van der Waals surface area contributed by atoms with E-state index in [9.17, 15) is 4.39 Å². The van der Waals surface area contributed by atoms with Crippen LogP contribution < -0.4 is 9.47 Å². The normalized spacial score (nSPS) is 12.6. The van der Waals surface area contributed by atoms with Crippen LogP contribution in [0.25, 0.3) is 11.4 Å². The van der Waals surface area contributed by atoms with Gasteiger partial charge in [0.25, 0.3) is 0 Å². The molecule has 1 aromatic heterocycles.